The zero-order valence-corrected chi connectivity index (χ0v) is 25.3. The largest absolute Gasteiger partial charge is 0.478 e. The normalized spacial score (nSPS) is 13.8. The molecule has 14 heteroatoms. The number of piperazine rings is 1. The van der Waals surface area contributed by atoms with Crippen LogP contribution in [0.1, 0.15) is 19.5 Å². The summed E-state index contributed by atoms with van der Waals surface area (Å²) in [5.74, 6) is -1.68. The number of anilines is 3. The van der Waals surface area contributed by atoms with Gasteiger partial charge in [-0.1, -0.05) is 12.1 Å². The van der Waals surface area contributed by atoms with Gasteiger partial charge in [-0.25, -0.2) is 28.9 Å². The van der Waals surface area contributed by atoms with Crippen LogP contribution >= 0.6 is 0 Å². The summed E-state index contributed by atoms with van der Waals surface area (Å²) >= 11 is 0. The third-order valence-corrected chi connectivity index (χ3v) is 6.92. The molecule has 1 aliphatic heterocycles. The molecule has 0 spiro atoms. The van der Waals surface area contributed by atoms with Crippen molar-refractivity contribution in [2.75, 3.05) is 43.4 Å². The topological polar surface area (TPSA) is 179 Å². The number of pyridine rings is 1. The van der Waals surface area contributed by atoms with E-state index in [0.717, 1.165) is 31.9 Å². The Morgan fingerprint density at radius 2 is 1.64 bits per heavy atom. The van der Waals surface area contributed by atoms with Gasteiger partial charge in [0.15, 0.2) is 11.5 Å². The number of rotatable bonds is 9. The predicted octanol–water partition coefficient (Wildman–Crippen LogP) is 2.60. The minimum Gasteiger partial charge on any atom is -0.478 e. The summed E-state index contributed by atoms with van der Waals surface area (Å²) < 4.78 is 3.16. The fourth-order valence-corrected chi connectivity index (χ4v) is 4.58. The first-order chi connectivity index (χ1) is 21.4. The van der Waals surface area contributed by atoms with Gasteiger partial charge in [-0.15, -0.1) is 6.58 Å². The maximum absolute atomic E-state index is 13.2. The molecule has 4 aromatic rings. The molecule has 1 aromatic carbocycles. The molecule has 0 bridgehead atoms. The summed E-state index contributed by atoms with van der Waals surface area (Å²) in [5, 5.41) is 29.7. The van der Waals surface area contributed by atoms with Crippen LogP contribution < -0.4 is 15.8 Å². The molecule has 4 N–H and O–H groups in total. The summed E-state index contributed by atoms with van der Waals surface area (Å²) in [5.41, 5.74) is 1.55. The molecule has 3 aromatic heterocycles. The van der Waals surface area contributed by atoms with Gasteiger partial charge < -0.3 is 30.4 Å². The van der Waals surface area contributed by atoms with E-state index < -0.39 is 17.5 Å². The van der Waals surface area contributed by atoms with Crippen LogP contribution in [0.4, 0.5) is 17.3 Å². The van der Waals surface area contributed by atoms with Gasteiger partial charge in [-0.05, 0) is 57.3 Å². The van der Waals surface area contributed by atoms with Crippen molar-refractivity contribution < 1.29 is 24.9 Å². The van der Waals surface area contributed by atoms with Gasteiger partial charge in [0.1, 0.15) is 11.0 Å². The van der Waals surface area contributed by atoms with Gasteiger partial charge in [0.25, 0.3) is 5.56 Å². The summed E-state index contributed by atoms with van der Waals surface area (Å²) in [7, 11) is 2.15. The van der Waals surface area contributed by atoms with Crippen molar-refractivity contribution in [3.8, 4) is 5.82 Å². The number of carboxylic acid groups (broad SMARTS) is 2. The van der Waals surface area contributed by atoms with Crippen LogP contribution in [-0.4, -0.2) is 89.7 Å². The number of aromatic nitrogens is 5. The Balaban J connectivity index is 0.000000510. The number of benzene rings is 1. The van der Waals surface area contributed by atoms with Crippen LogP contribution in [0.15, 0.2) is 78.3 Å². The van der Waals surface area contributed by atoms with Gasteiger partial charge >= 0.3 is 11.9 Å². The van der Waals surface area contributed by atoms with E-state index in [9.17, 15) is 19.5 Å². The number of fused-ring (bicyclic) bond motifs is 1. The number of aliphatic hydroxyl groups is 1. The molecule has 0 saturated carbocycles. The average Bonchev–Trinajstić information content (AvgIpc) is 3.27. The number of carbonyl (C=O) groups is 2. The molecule has 1 saturated heterocycles. The van der Waals surface area contributed by atoms with Crippen molar-refractivity contribution in [1.82, 2.24) is 29.2 Å². The van der Waals surface area contributed by atoms with E-state index in [1.54, 1.807) is 42.8 Å². The Bertz CT molecular complexity index is 1750. The monoisotopic (exact) mass is 616 g/mol. The minimum atomic E-state index is -1.26. The highest BCUT2D eigenvalue weighted by atomic mass is 16.4. The van der Waals surface area contributed by atoms with Crippen LogP contribution in [-0.2, 0) is 21.7 Å². The van der Waals surface area contributed by atoms with Crippen molar-refractivity contribution in [2.24, 2.45) is 0 Å². The highest BCUT2D eigenvalue weighted by Crippen LogP contribution is 2.23. The molecule has 1 fully saturated rings. The maximum atomic E-state index is 13.2. The first-order valence-electron chi connectivity index (χ1n) is 14.1. The van der Waals surface area contributed by atoms with Crippen molar-refractivity contribution in [2.45, 2.75) is 26.0 Å². The molecule has 236 valence electrons. The number of hydrogen-bond donors (Lipinski definition) is 4. The molecule has 0 atom stereocenters. The SMILES string of the molecule is C=CCn1c(=O)c2cnc(Nc3ccc(N4CCN(C)CC4)cc3)nc2n1-c1cccc(C(C)(C)O)n1.O=C(O)/C=C/C(=O)O. The minimum absolute atomic E-state index is 0.242. The Hall–Kier alpha value is -5.34. The number of nitrogens with one attached hydrogen (secondary N) is 1. The van der Waals surface area contributed by atoms with Gasteiger partial charge in [0.05, 0.1) is 12.2 Å². The lowest BCUT2D eigenvalue weighted by Crippen LogP contribution is -2.44. The van der Waals surface area contributed by atoms with Crippen LogP contribution in [0, 0.1) is 0 Å². The highest BCUT2D eigenvalue weighted by Gasteiger charge is 2.22. The van der Waals surface area contributed by atoms with Crippen LogP contribution in [0.2, 0.25) is 0 Å². The molecule has 1 aliphatic rings. The van der Waals surface area contributed by atoms with E-state index >= 15 is 0 Å². The second kappa shape index (κ2) is 14.0. The number of likely N-dealkylation sites (N-methyl/N-ethyl adjacent to an activating group) is 1. The molecule has 0 unspecified atom stereocenters. The number of carboxylic acids is 2. The van der Waals surface area contributed by atoms with Crippen molar-refractivity contribution in [3.63, 3.8) is 0 Å². The second-order valence-corrected chi connectivity index (χ2v) is 10.8. The van der Waals surface area contributed by atoms with Crippen LogP contribution in [0.3, 0.4) is 0 Å². The number of hydrogen-bond acceptors (Lipinski definition) is 10. The summed E-state index contributed by atoms with van der Waals surface area (Å²) in [6.45, 7) is 11.5. The summed E-state index contributed by atoms with van der Waals surface area (Å²) in [4.78, 5) is 50.7. The molecular formula is C31H36N8O6. The molecule has 14 nitrogen and oxygen atoms in total. The Morgan fingerprint density at radius 1 is 1.00 bits per heavy atom. The Morgan fingerprint density at radius 3 is 2.22 bits per heavy atom. The number of nitrogens with zero attached hydrogens (tertiary/aromatic N) is 7. The first kappa shape index (κ1) is 32.6. The van der Waals surface area contributed by atoms with Crippen molar-refractivity contribution in [1.29, 1.82) is 0 Å². The molecular weight excluding hydrogens is 580 g/mol. The lowest BCUT2D eigenvalue weighted by atomic mass is 10.1. The van der Waals surface area contributed by atoms with E-state index in [0.29, 0.717) is 40.6 Å². The molecule has 5 rings (SSSR count). The second-order valence-electron chi connectivity index (χ2n) is 10.8. The van der Waals surface area contributed by atoms with Crippen molar-refractivity contribution in [3.05, 3.63) is 89.5 Å². The summed E-state index contributed by atoms with van der Waals surface area (Å²) in [6, 6.07) is 13.5. The van der Waals surface area contributed by atoms with E-state index in [1.165, 1.54) is 16.6 Å². The zero-order chi connectivity index (χ0) is 32.7. The quantitative estimate of drug-likeness (QED) is 0.160. The van der Waals surface area contributed by atoms with Crippen molar-refractivity contribution >= 4 is 40.3 Å². The predicted molar refractivity (Wildman–Crippen MR) is 170 cm³/mol. The fourth-order valence-electron chi connectivity index (χ4n) is 4.58. The smallest absolute Gasteiger partial charge is 0.328 e. The molecule has 0 radical (unpaired) electrons. The first-order valence-corrected chi connectivity index (χ1v) is 14.1. The van der Waals surface area contributed by atoms with Crippen LogP contribution in [0.5, 0.6) is 0 Å². The number of aliphatic carboxylic acids is 2. The maximum Gasteiger partial charge on any atom is 0.328 e. The standard InChI is InChI=1S/C27H32N8O2.C4H4O4/c1-5-13-34-25(36)21-18-28-26(29-19-9-11-20(12-10-19)33-16-14-32(4)15-17-33)31-24(21)35(34)23-8-6-7-22(30-23)27(2,3)37;5-3(6)1-2-4(7)8/h5-12,18,37H,1,13-17H2,2-4H3,(H,28,29,31);1-2H,(H,5,6)(H,7,8)/b;2-1+. The highest BCUT2D eigenvalue weighted by molar-refractivity contribution is 5.89. The van der Waals surface area contributed by atoms with Gasteiger partial charge in [0, 0.05) is 55.9 Å². The molecule has 4 heterocycles. The van der Waals surface area contributed by atoms with Gasteiger partial charge in [0.2, 0.25) is 5.95 Å². The molecule has 45 heavy (non-hydrogen) atoms. The third-order valence-electron chi connectivity index (χ3n) is 6.92. The zero-order valence-electron chi connectivity index (χ0n) is 25.3. The molecule has 0 aliphatic carbocycles. The van der Waals surface area contributed by atoms with E-state index in [2.05, 4.69) is 50.8 Å². The lowest BCUT2D eigenvalue weighted by Gasteiger charge is -2.34. The average molecular weight is 617 g/mol. The third kappa shape index (κ3) is 8.19. The summed E-state index contributed by atoms with van der Waals surface area (Å²) in [6.07, 6.45) is 4.29. The number of allylic oxidation sites excluding steroid dienone is 1. The lowest BCUT2D eigenvalue weighted by molar-refractivity contribution is -0.134. The van der Waals surface area contributed by atoms with Gasteiger partial charge in [-0.3, -0.25) is 4.79 Å². The Labute approximate surface area is 259 Å². The Kier molecular flexibility index (Phi) is 10.1. The molecule has 0 amide bonds. The van der Waals surface area contributed by atoms with Crippen LogP contribution in [0.25, 0.3) is 16.9 Å². The fraction of sp³-hybridized carbons (Fsp3) is 0.290. The van der Waals surface area contributed by atoms with E-state index in [-0.39, 0.29) is 12.1 Å². The van der Waals surface area contributed by atoms with E-state index in [1.807, 2.05) is 12.1 Å². The van der Waals surface area contributed by atoms with E-state index in [4.69, 9.17) is 15.2 Å². The van der Waals surface area contributed by atoms with Gasteiger partial charge in [-0.2, -0.15) is 4.98 Å².